The lowest BCUT2D eigenvalue weighted by Crippen LogP contribution is -2.12. The van der Waals surface area contributed by atoms with Crippen LogP contribution in [0.1, 0.15) is 24.5 Å². The lowest BCUT2D eigenvalue weighted by atomic mass is 10.1. The maximum Gasteiger partial charge on any atom is 0.373 e. The van der Waals surface area contributed by atoms with Crippen LogP contribution in [0, 0.1) is 6.92 Å². The van der Waals surface area contributed by atoms with Crippen LogP contribution < -0.4 is 4.74 Å². The van der Waals surface area contributed by atoms with Gasteiger partial charge in [-0.3, -0.25) is 4.21 Å². The topological polar surface area (TPSA) is 72.8 Å². The lowest BCUT2D eigenvalue weighted by Gasteiger charge is -2.12. The number of ether oxygens (including phenoxy) is 2. The van der Waals surface area contributed by atoms with E-state index in [0.717, 1.165) is 17.5 Å². The van der Waals surface area contributed by atoms with E-state index in [1.54, 1.807) is 6.07 Å². The van der Waals surface area contributed by atoms with E-state index in [1.165, 1.54) is 13.2 Å². The molecule has 6 heteroatoms. The highest BCUT2D eigenvalue weighted by molar-refractivity contribution is 7.84. The zero-order chi connectivity index (χ0) is 16.5. The van der Waals surface area contributed by atoms with E-state index in [1.807, 2.05) is 26.0 Å². The minimum absolute atomic E-state index is 0.0695. The van der Waals surface area contributed by atoms with Crippen LogP contribution in [0.15, 0.2) is 30.0 Å². The summed E-state index contributed by atoms with van der Waals surface area (Å²) in [6.45, 7) is 3.50. The van der Waals surface area contributed by atoms with Gasteiger partial charge in [0.25, 0.3) is 0 Å². The largest absolute Gasteiger partial charge is 0.463 e. The molecule has 22 heavy (non-hydrogen) atoms. The SMILES string of the molecule is CCCS(=O)Cc1ccc(C)c(O/C(=C\CO)C(=O)OC)c1. The number of hydrogen-bond donors (Lipinski definition) is 1. The van der Waals surface area contributed by atoms with Gasteiger partial charge in [0, 0.05) is 22.3 Å². The Kier molecular flexibility index (Phi) is 7.84. The molecule has 0 radical (unpaired) electrons. The third-order valence-corrected chi connectivity index (χ3v) is 4.41. The Labute approximate surface area is 133 Å². The second kappa shape index (κ2) is 9.38. The normalized spacial score (nSPS) is 12.8. The first-order valence-corrected chi connectivity index (χ1v) is 8.52. The standard InChI is InChI=1S/C16H22O5S/c1-4-9-22(19)11-13-6-5-12(2)15(10-13)21-14(7-8-17)16(18)20-3/h5-7,10,17H,4,8-9,11H2,1-3H3/b14-7-. The number of carbonyl (C=O) groups excluding carboxylic acids is 1. The Hall–Kier alpha value is -1.66. The van der Waals surface area contributed by atoms with Crippen molar-refractivity contribution in [2.75, 3.05) is 19.5 Å². The Morgan fingerprint density at radius 3 is 2.73 bits per heavy atom. The van der Waals surface area contributed by atoms with Gasteiger partial charge < -0.3 is 14.6 Å². The van der Waals surface area contributed by atoms with Crippen molar-refractivity contribution in [1.29, 1.82) is 0 Å². The average molecular weight is 326 g/mol. The molecule has 1 unspecified atom stereocenters. The van der Waals surface area contributed by atoms with E-state index in [9.17, 15) is 9.00 Å². The number of aliphatic hydroxyl groups excluding tert-OH is 1. The molecule has 122 valence electrons. The van der Waals surface area contributed by atoms with Gasteiger partial charge in [0.05, 0.1) is 13.7 Å². The van der Waals surface area contributed by atoms with Crippen LogP contribution in [-0.2, 0) is 26.1 Å². The monoisotopic (exact) mass is 326 g/mol. The number of benzene rings is 1. The number of hydrogen-bond acceptors (Lipinski definition) is 5. The Morgan fingerprint density at radius 1 is 1.41 bits per heavy atom. The van der Waals surface area contributed by atoms with Gasteiger partial charge in [0.2, 0.25) is 5.76 Å². The molecular weight excluding hydrogens is 304 g/mol. The van der Waals surface area contributed by atoms with Crippen LogP contribution in [0.25, 0.3) is 0 Å². The molecule has 0 saturated heterocycles. The number of aliphatic hydroxyl groups is 1. The number of esters is 1. The summed E-state index contributed by atoms with van der Waals surface area (Å²) in [5, 5.41) is 8.96. The fourth-order valence-corrected chi connectivity index (χ4v) is 2.95. The maximum atomic E-state index is 11.8. The van der Waals surface area contributed by atoms with Crippen LogP contribution >= 0.6 is 0 Å². The highest BCUT2D eigenvalue weighted by Gasteiger charge is 2.14. The summed E-state index contributed by atoms with van der Waals surface area (Å²) in [7, 11) is 0.330. The van der Waals surface area contributed by atoms with Gasteiger partial charge in [-0.1, -0.05) is 19.1 Å². The van der Waals surface area contributed by atoms with Crippen molar-refractivity contribution in [3.63, 3.8) is 0 Å². The summed E-state index contributed by atoms with van der Waals surface area (Å²) in [5.41, 5.74) is 1.71. The van der Waals surface area contributed by atoms with Gasteiger partial charge in [-0.15, -0.1) is 0 Å². The molecule has 1 aromatic carbocycles. The first-order chi connectivity index (χ1) is 10.5. The van der Waals surface area contributed by atoms with Crippen molar-refractivity contribution in [1.82, 2.24) is 0 Å². The third kappa shape index (κ3) is 5.61. The highest BCUT2D eigenvalue weighted by Crippen LogP contribution is 2.23. The first kappa shape index (κ1) is 18.4. The summed E-state index contributed by atoms with van der Waals surface area (Å²) in [5.74, 6) is 0.855. The molecule has 0 aliphatic heterocycles. The summed E-state index contributed by atoms with van der Waals surface area (Å²) >= 11 is 0. The molecule has 0 bridgehead atoms. The Balaban J connectivity index is 2.96. The van der Waals surface area contributed by atoms with Gasteiger partial charge in [-0.2, -0.15) is 0 Å². The summed E-state index contributed by atoms with van der Waals surface area (Å²) in [4.78, 5) is 11.6. The van der Waals surface area contributed by atoms with E-state index in [4.69, 9.17) is 9.84 Å². The summed E-state index contributed by atoms with van der Waals surface area (Å²) < 4.78 is 22.0. The molecule has 0 aromatic heterocycles. The first-order valence-electron chi connectivity index (χ1n) is 7.03. The average Bonchev–Trinajstić information content (AvgIpc) is 2.49. The second-order valence-corrected chi connectivity index (χ2v) is 6.31. The molecule has 0 amide bonds. The van der Waals surface area contributed by atoms with E-state index in [-0.39, 0.29) is 12.4 Å². The predicted molar refractivity (Wildman–Crippen MR) is 86.0 cm³/mol. The second-order valence-electron chi connectivity index (χ2n) is 4.73. The fraction of sp³-hybridized carbons (Fsp3) is 0.438. The quantitative estimate of drug-likeness (QED) is 0.450. The van der Waals surface area contributed by atoms with Crippen molar-refractivity contribution in [2.24, 2.45) is 0 Å². The Morgan fingerprint density at radius 2 is 2.14 bits per heavy atom. The molecule has 0 aliphatic rings. The zero-order valence-electron chi connectivity index (χ0n) is 13.1. The molecule has 0 spiro atoms. The Bertz CT molecular complexity index is 566. The van der Waals surface area contributed by atoms with Crippen LogP contribution in [0.2, 0.25) is 0 Å². The molecule has 1 rings (SSSR count). The van der Waals surface area contributed by atoms with E-state index < -0.39 is 16.8 Å². The number of aryl methyl sites for hydroxylation is 1. The summed E-state index contributed by atoms with van der Waals surface area (Å²) in [6, 6.07) is 5.50. The molecule has 1 atom stereocenters. The lowest BCUT2D eigenvalue weighted by molar-refractivity contribution is -0.138. The van der Waals surface area contributed by atoms with E-state index in [0.29, 0.717) is 17.3 Å². The molecule has 1 aromatic rings. The molecule has 1 N–H and O–H groups in total. The van der Waals surface area contributed by atoms with Crippen molar-refractivity contribution < 1.29 is 23.6 Å². The van der Waals surface area contributed by atoms with Crippen LogP contribution in [-0.4, -0.2) is 34.8 Å². The molecule has 0 fully saturated rings. The minimum atomic E-state index is -0.914. The van der Waals surface area contributed by atoms with Crippen molar-refractivity contribution in [2.45, 2.75) is 26.0 Å². The van der Waals surface area contributed by atoms with Crippen molar-refractivity contribution in [3.8, 4) is 5.75 Å². The van der Waals surface area contributed by atoms with Crippen molar-refractivity contribution >= 4 is 16.8 Å². The maximum absolute atomic E-state index is 11.8. The molecule has 0 heterocycles. The smallest absolute Gasteiger partial charge is 0.373 e. The van der Waals surface area contributed by atoms with E-state index >= 15 is 0 Å². The molecule has 0 aliphatic carbocycles. The molecule has 5 nitrogen and oxygen atoms in total. The zero-order valence-corrected chi connectivity index (χ0v) is 13.9. The van der Waals surface area contributed by atoms with Gasteiger partial charge in [-0.05, 0) is 36.6 Å². The van der Waals surface area contributed by atoms with Gasteiger partial charge in [0.15, 0.2) is 0 Å². The van der Waals surface area contributed by atoms with Gasteiger partial charge >= 0.3 is 5.97 Å². The highest BCUT2D eigenvalue weighted by atomic mass is 32.2. The van der Waals surface area contributed by atoms with Crippen LogP contribution in [0.3, 0.4) is 0 Å². The van der Waals surface area contributed by atoms with Gasteiger partial charge in [-0.25, -0.2) is 4.79 Å². The van der Waals surface area contributed by atoms with Gasteiger partial charge in [0.1, 0.15) is 5.75 Å². The van der Waals surface area contributed by atoms with E-state index in [2.05, 4.69) is 4.74 Å². The van der Waals surface area contributed by atoms with Crippen LogP contribution in [0.4, 0.5) is 0 Å². The molecule has 0 saturated carbocycles. The van der Waals surface area contributed by atoms with Crippen LogP contribution in [0.5, 0.6) is 5.75 Å². The fourth-order valence-electron chi connectivity index (χ4n) is 1.80. The minimum Gasteiger partial charge on any atom is -0.463 e. The number of carbonyl (C=O) groups is 1. The number of methoxy groups -OCH3 is 1. The predicted octanol–water partition coefficient (Wildman–Crippen LogP) is 2.08. The third-order valence-electron chi connectivity index (χ3n) is 2.90. The van der Waals surface area contributed by atoms with Crippen molar-refractivity contribution in [3.05, 3.63) is 41.2 Å². The molecular formula is C16H22O5S. The number of rotatable bonds is 8. The summed E-state index contributed by atoms with van der Waals surface area (Å²) in [6.07, 6.45) is 2.11.